The van der Waals surface area contributed by atoms with Crippen LogP contribution in [0.1, 0.15) is 16.7 Å². The number of rotatable bonds is 3. The largest absolute Gasteiger partial charge is 0.480 e. The molecule has 1 N–H and O–H groups in total. The van der Waals surface area contributed by atoms with Crippen LogP contribution in [0.4, 0.5) is 10.5 Å². The van der Waals surface area contributed by atoms with Crippen molar-refractivity contribution >= 4 is 17.7 Å². The molecule has 1 amide bonds. The maximum Gasteiger partial charge on any atom is 0.415 e. The second kappa shape index (κ2) is 6.42. The molecule has 0 saturated carbocycles. The van der Waals surface area contributed by atoms with E-state index in [1.165, 1.54) is 6.07 Å². The van der Waals surface area contributed by atoms with Gasteiger partial charge in [0.1, 0.15) is 12.6 Å². The molecule has 1 aliphatic rings. The van der Waals surface area contributed by atoms with Gasteiger partial charge >= 0.3 is 12.1 Å². The van der Waals surface area contributed by atoms with Crippen LogP contribution in [-0.2, 0) is 22.6 Å². The van der Waals surface area contributed by atoms with Crippen molar-refractivity contribution in [2.24, 2.45) is 0 Å². The lowest BCUT2D eigenvalue weighted by molar-refractivity contribution is -0.138. The van der Waals surface area contributed by atoms with Crippen LogP contribution in [0.2, 0.25) is 0 Å². The first-order valence-electron chi connectivity index (χ1n) is 7.36. The lowest BCUT2D eigenvalue weighted by atomic mass is 10.1. The van der Waals surface area contributed by atoms with E-state index in [-0.39, 0.29) is 13.0 Å². The van der Waals surface area contributed by atoms with Crippen LogP contribution in [-0.4, -0.2) is 23.2 Å². The van der Waals surface area contributed by atoms with Crippen LogP contribution in [0.5, 0.6) is 0 Å². The van der Waals surface area contributed by atoms with E-state index < -0.39 is 18.1 Å². The zero-order chi connectivity index (χ0) is 17.1. The second-order valence-electron chi connectivity index (χ2n) is 5.42. The van der Waals surface area contributed by atoms with E-state index >= 15 is 0 Å². The summed E-state index contributed by atoms with van der Waals surface area (Å²) >= 11 is 0. The van der Waals surface area contributed by atoms with E-state index in [9.17, 15) is 14.7 Å². The lowest BCUT2D eigenvalue weighted by Gasteiger charge is -2.22. The molecule has 1 aliphatic heterocycles. The zero-order valence-corrected chi connectivity index (χ0v) is 12.7. The number of nitrogens with zero attached hydrogens (tertiary/aromatic N) is 2. The molecule has 0 bridgehead atoms. The number of nitriles is 1. The third kappa shape index (κ3) is 2.92. The topological polar surface area (TPSA) is 90.6 Å². The molecular weight excluding hydrogens is 308 g/mol. The maximum absolute atomic E-state index is 12.5. The predicted octanol–water partition coefficient (Wildman–Crippen LogP) is 2.71. The van der Waals surface area contributed by atoms with Gasteiger partial charge in [0.25, 0.3) is 0 Å². The van der Waals surface area contributed by atoms with Gasteiger partial charge in [0.15, 0.2) is 0 Å². The van der Waals surface area contributed by atoms with Gasteiger partial charge in [-0.15, -0.1) is 0 Å². The van der Waals surface area contributed by atoms with Crippen LogP contribution in [0.25, 0.3) is 0 Å². The van der Waals surface area contributed by atoms with Gasteiger partial charge in [0.05, 0.1) is 17.3 Å². The molecule has 2 aromatic rings. The van der Waals surface area contributed by atoms with Gasteiger partial charge in [0, 0.05) is 6.42 Å². The van der Waals surface area contributed by atoms with Gasteiger partial charge < -0.3 is 9.84 Å². The van der Waals surface area contributed by atoms with Crippen LogP contribution in [0.3, 0.4) is 0 Å². The van der Waals surface area contributed by atoms with Crippen LogP contribution < -0.4 is 4.90 Å². The number of benzene rings is 2. The highest BCUT2D eigenvalue weighted by Gasteiger charge is 2.39. The molecule has 6 nitrogen and oxygen atoms in total. The number of fused-ring (bicyclic) bond motifs is 1. The molecule has 0 fully saturated rings. The number of hydrogen-bond acceptors (Lipinski definition) is 4. The van der Waals surface area contributed by atoms with E-state index in [4.69, 9.17) is 10.00 Å². The standard InChI is InChI=1S/C18H14N2O4/c19-10-13-6-7-14-9-16(17(21)22)20(15(14)8-13)18(23)24-11-12-4-2-1-3-5-12/h1-8,16H,9,11H2,(H,21,22). The Morgan fingerprint density at radius 1 is 1.25 bits per heavy atom. The average Bonchev–Trinajstić information content (AvgIpc) is 2.99. The lowest BCUT2D eigenvalue weighted by Crippen LogP contribution is -2.43. The Bertz CT molecular complexity index is 827. The quantitative estimate of drug-likeness (QED) is 0.938. The van der Waals surface area contributed by atoms with Crippen LogP contribution in [0.15, 0.2) is 48.5 Å². The van der Waals surface area contributed by atoms with Crippen molar-refractivity contribution in [3.8, 4) is 6.07 Å². The minimum absolute atomic E-state index is 0.0514. The SMILES string of the molecule is N#Cc1ccc2c(c1)N(C(=O)OCc1ccccc1)C(C(=O)O)C2. The fourth-order valence-corrected chi connectivity index (χ4v) is 2.71. The minimum Gasteiger partial charge on any atom is -0.480 e. The molecule has 0 aliphatic carbocycles. The summed E-state index contributed by atoms with van der Waals surface area (Å²) in [6.45, 7) is 0.0514. The molecule has 1 unspecified atom stereocenters. The van der Waals surface area contributed by atoms with Gasteiger partial charge in [-0.25, -0.2) is 9.59 Å². The Morgan fingerprint density at radius 3 is 2.67 bits per heavy atom. The molecule has 24 heavy (non-hydrogen) atoms. The van der Waals surface area contributed by atoms with Gasteiger partial charge in [-0.1, -0.05) is 36.4 Å². The van der Waals surface area contributed by atoms with Crippen molar-refractivity contribution in [3.63, 3.8) is 0 Å². The average molecular weight is 322 g/mol. The third-order valence-electron chi connectivity index (χ3n) is 3.89. The van der Waals surface area contributed by atoms with Gasteiger partial charge in [-0.2, -0.15) is 5.26 Å². The number of aliphatic carboxylic acids is 1. The number of carbonyl (C=O) groups is 2. The van der Waals surface area contributed by atoms with Crippen LogP contribution >= 0.6 is 0 Å². The molecular formula is C18H14N2O4. The number of carboxylic acid groups (broad SMARTS) is 1. The number of amides is 1. The van der Waals surface area contributed by atoms with Gasteiger partial charge in [-0.05, 0) is 23.3 Å². The monoisotopic (exact) mass is 322 g/mol. The first-order chi connectivity index (χ1) is 11.6. The van der Waals surface area contributed by atoms with E-state index in [0.717, 1.165) is 10.5 Å². The Kier molecular flexibility index (Phi) is 4.17. The number of carbonyl (C=O) groups excluding carboxylic acids is 1. The maximum atomic E-state index is 12.5. The smallest absolute Gasteiger partial charge is 0.415 e. The Morgan fingerprint density at radius 2 is 2.00 bits per heavy atom. The molecule has 1 heterocycles. The summed E-state index contributed by atoms with van der Waals surface area (Å²) in [7, 11) is 0. The van der Waals surface area contributed by atoms with Crippen molar-refractivity contribution in [3.05, 3.63) is 65.2 Å². The summed E-state index contributed by atoms with van der Waals surface area (Å²) in [5, 5.41) is 18.4. The minimum atomic E-state index is -1.11. The van der Waals surface area contributed by atoms with Crippen molar-refractivity contribution in [2.75, 3.05) is 4.90 Å². The Balaban J connectivity index is 1.85. The fourth-order valence-electron chi connectivity index (χ4n) is 2.71. The van der Waals surface area contributed by atoms with E-state index in [1.54, 1.807) is 12.1 Å². The first-order valence-corrected chi connectivity index (χ1v) is 7.36. The molecule has 0 radical (unpaired) electrons. The van der Waals surface area contributed by atoms with Gasteiger partial charge in [0.2, 0.25) is 0 Å². The highest BCUT2D eigenvalue weighted by atomic mass is 16.6. The molecule has 3 rings (SSSR count). The van der Waals surface area contributed by atoms with Crippen LogP contribution in [0, 0.1) is 11.3 Å². The zero-order valence-electron chi connectivity index (χ0n) is 12.7. The van der Waals surface area contributed by atoms with E-state index in [1.807, 2.05) is 36.4 Å². The fraction of sp³-hybridized carbons (Fsp3) is 0.167. The summed E-state index contributed by atoms with van der Waals surface area (Å²) < 4.78 is 5.26. The Hall–Kier alpha value is -3.33. The second-order valence-corrected chi connectivity index (χ2v) is 5.42. The number of carboxylic acids is 1. The van der Waals surface area contributed by atoms with Crippen molar-refractivity contribution in [2.45, 2.75) is 19.1 Å². The molecule has 0 aromatic heterocycles. The third-order valence-corrected chi connectivity index (χ3v) is 3.89. The summed E-state index contributed by atoms with van der Waals surface area (Å²) in [5.74, 6) is -1.11. The predicted molar refractivity (Wildman–Crippen MR) is 85.4 cm³/mol. The summed E-state index contributed by atoms with van der Waals surface area (Å²) in [4.78, 5) is 25.1. The first kappa shape index (κ1) is 15.6. The molecule has 1 atom stereocenters. The number of ether oxygens (including phenoxy) is 1. The number of hydrogen-bond donors (Lipinski definition) is 1. The normalized spacial score (nSPS) is 15.5. The Labute approximate surface area is 138 Å². The summed E-state index contributed by atoms with van der Waals surface area (Å²) in [6.07, 6.45) is -0.545. The van der Waals surface area contributed by atoms with Crippen molar-refractivity contribution < 1.29 is 19.4 Å². The molecule has 0 spiro atoms. The van der Waals surface area contributed by atoms with Crippen molar-refractivity contribution in [1.82, 2.24) is 0 Å². The summed E-state index contributed by atoms with van der Waals surface area (Å²) in [6, 6.07) is 14.9. The number of anilines is 1. The molecule has 2 aromatic carbocycles. The van der Waals surface area contributed by atoms with E-state index in [0.29, 0.717) is 16.8 Å². The van der Waals surface area contributed by atoms with Crippen molar-refractivity contribution in [1.29, 1.82) is 5.26 Å². The molecule has 6 heteroatoms. The highest BCUT2D eigenvalue weighted by Crippen LogP contribution is 2.34. The van der Waals surface area contributed by atoms with Gasteiger partial charge in [-0.3, -0.25) is 4.90 Å². The highest BCUT2D eigenvalue weighted by molar-refractivity contribution is 5.98. The summed E-state index contributed by atoms with van der Waals surface area (Å²) in [5.41, 5.74) is 2.29. The molecule has 120 valence electrons. The molecule has 0 saturated heterocycles. The van der Waals surface area contributed by atoms with E-state index in [2.05, 4.69) is 0 Å².